The van der Waals surface area contributed by atoms with Gasteiger partial charge in [0, 0.05) is 25.7 Å². The first-order valence-corrected chi connectivity index (χ1v) is 9.43. The van der Waals surface area contributed by atoms with Crippen molar-refractivity contribution in [3.63, 3.8) is 0 Å². The average molecular weight is 340 g/mol. The van der Waals surface area contributed by atoms with Gasteiger partial charge in [-0.25, -0.2) is 8.42 Å². The van der Waals surface area contributed by atoms with E-state index in [1.165, 1.54) is 16.9 Å². The smallest absolute Gasteiger partial charge is 0.252 e. The monoisotopic (exact) mass is 340 g/mol. The molecule has 8 heteroatoms. The zero-order valence-electron chi connectivity index (χ0n) is 13.0. The maximum Gasteiger partial charge on any atom is 0.252 e. The second-order valence-corrected chi connectivity index (χ2v) is 8.87. The highest BCUT2D eigenvalue weighted by atomic mass is 32.2. The minimum Gasteiger partial charge on any atom is -0.303 e. The molecule has 0 saturated heterocycles. The zero-order valence-corrected chi connectivity index (χ0v) is 14.6. The molecular formula is C14H20N4O2S2. The van der Waals surface area contributed by atoms with E-state index < -0.39 is 10.0 Å². The Morgan fingerprint density at radius 3 is 2.82 bits per heavy atom. The Morgan fingerprint density at radius 2 is 2.18 bits per heavy atom. The van der Waals surface area contributed by atoms with Crippen LogP contribution in [0, 0.1) is 0 Å². The van der Waals surface area contributed by atoms with Crippen LogP contribution < -0.4 is 0 Å². The normalized spacial score (nSPS) is 16.2. The molecule has 0 saturated carbocycles. The Morgan fingerprint density at radius 1 is 1.41 bits per heavy atom. The van der Waals surface area contributed by atoms with Crippen molar-refractivity contribution in [2.24, 2.45) is 7.05 Å². The highest BCUT2D eigenvalue weighted by molar-refractivity contribution is 7.91. The van der Waals surface area contributed by atoms with Gasteiger partial charge < -0.3 is 4.90 Å². The van der Waals surface area contributed by atoms with Crippen LogP contribution in [0.25, 0.3) is 0 Å². The molecule has 3 rings (SSSR count). The lowest BCUT2D eigenvalue weighted by Crippen LogP contribution is -2.36. The van der Waals surface area contributed by atoms with Gasteiger partial charge in [0.1, 0.15) is 4.21 Å². The summed E-state index contributed by atoms with van der Waals surface area (Å²) in [6.45, 7) is 1.69. The van der Waals surface area contributed by atoms with Gasteiger partial charge >= 0.3 is 0 Å². The van der Waals surface area contributed by atoms with E-state index in [9.17, 15) is 8.42 Å². The number of thiophene rings is 1. The first-order chi connectivity index (χ1) is 10.4. The van der Waals surface area contributed by atoms with Crippen LogP contribution in [0.1, 0.15) is 17.0 Å². The molecule has 22 heavy (non-hydrogen) atoms. The molecule has 1 aliphatic heterocycles. The van der Waals surface area contributed by atoms with Crippen molar-refractivity contribution < 1.29 is 8.42 Å². The Bertz CT molecular complexity index is 763. The van der Waals surface area contributed by atoms with Gasteiger partial charge in [-0.15, -0.1) is 11.3 Å². The molecule has 2 aromatic rings. The molecular weight excluding hydrogens is 320 g/mol. The molecule has 0 radical (unpaired) electrons. The minimum atomic E-state index is -3.39. The first kappa shape index (κ1) is 15.7. The summed E-state index contributed by atoms with van der Waals surface area (Å²) in [6.07, 6.45) is 0.719. The Hall–Kier alpha value is -1.22. The molecule has 1 aliphatic rings. The predicted molar refractivity (Wildman–Crippen MR) is 86.2 cm³/mol. The molecule has 0 fully saturated rings. The molecule has 6 nitrogen and oxygen atoms in total. The summed E-state index contributed by atoms with van der Waals surface area (Å²) in [5.41, 5.74) is 3.26. The van der Waals surface area contributed by atoms with Crippen LogP contribution in [0.2, 0.25) is 0 Å². The number of hydrogen-bond donors (Lipinski definition) is 0. The summed E-state index contributed by atoms with van der Waals surface area (Å²) in [5, 5.41) is 6.36. The summed E-state index contributed by atoms with van der Waals surface area (Å²) in [4.78, 5) is 2.08. The van der Waals surface area contributed by atoms with Gasteiger partial charge in [0.05, 0.1) is 17.9 Å². The van der Waals surface area contributed by atoms with E-state index in [4.69, 9.17) is 0 Å². The molecule has 120 valence electrons. The molecule has 0 atom stereocenters. The van der Waals surface area contributed by atoms with Crippen molar-refractivity contribution in [2.45, 2.75) is 23.7 Å². The second-order valence-electron chi connectivity index (χ2n) is 5.75. The Kier molecular flexibility index (Phi) is 4.11. The summed E-state index contributed by atoms with van der Waals surface area (Å²) < 4.78 is 29.1. The zero-order chi connectivity index (χ0) is 15.9. The molecule has 0 unspecified atom stereocenters. The maximum absolute atomic E-state index is 12.7. The van der Waals surface area contributed by atoms with Crippen molar-refractivity contribution in [3.05, 3.63) is 34.5 Å². The fourth-order valence-electron chi connectivity index (χ4n) is 2.80. The van der Waals surface area contributed by atoms with Crippen molar-refractivity contribution in [2.75, 3.05) is 20.6 Å². The van der Waals surface area contributed by atoms with Gasteiger partial charge in [-0.1, -0.05) is 6.07 Å². The third-order valence-corrected chi connectivity index (χ3v) is 7.07. The molecule has 0 amide bonds. The van der Waals surface area contributed by atoms with Crippen LogP contribution in [0.4, 0.5) is 0 Å². The molecule has 0 aromatic carbocycles. The van der Waals surface area contributed by atoms with Crippen LogP contribution >= 0.6 is 11.3 Å². The van der Waals surface area contributed by atoms with Gasteiger partial charge in [0.25, 0.3) is 10.0 Å². The maximum atomic E-state index is 12.7. The average Bonchev–Trinajstić information content (AvgIpc) is 3.08. The number of fused-ring (bicyclic) bond motifs is 1. The molecule has 2 aromatic heterocycles. The molecule has 3 heterocycles. The van der Waals surface area contributed by atoms with E-state index in [-0.39, 0.29) is 0 Å². The van der Waals surface area contributed by atoms with Gasteiger partial charge in [0.2, 0.25) is 0 Å². The van der Waals surface area contributed by atoms with E-state index >= 15 is 0 Å². The first-order valence-electron chi connectivity index (χ1n) is 7.11. The number of sulfonamides is 1. The summed E-state index contributed by atoms with van der Waals surface area (Å²) >= 11 is 1.26. The fourth-order valence-corrected chi connectivity index (χ4v) is 5.35. The van der Waals surface area contributed by atoms with Crippen molar-refractivity contribution in [1.29, 1.82) is 0 Å². The topological polar surface area (TPSA) is 58.4 Å². The quantitative estimate of drug-likeness (QED) is 0.842. The lowest BCUT2D eigenvalue weighted by atomic mass is 10.1. The van der Waals surface area contributed by atoms with Crippen LogP contribution in [0.15, 0.2) is 21.7 Å². The fraction of sp³-hybridized carbons (Fsp3) is 0.500. The van der Waals surface area contributed by atoms with E-state index in [0.717, 1.165) is 24.4 Å². The lowest BCUT2D eigenvalue weighted by Gasteiger charge is -2.26. The van der Waals surface area contributed by atoms with E-state index in [1.807, 2.05) is 25.8 Å². The van der Waals surface area contributed by atoms with Gasteiger partial charge in [0.15, 0.2) is 0 Å². The predicted octanol–water partition coefficient (Wildman–Crippen LogP) is 1.29. The van der Waals surface area contributed by atoms with Crippen molar-refractivity contribution in [3.8, 4) is 0 Å². The standard InChI is InChI=1S/C14H20N4O2S2/c1-16(2)9-12-11-6-7-18(10-13(11)17(3)15-12)22(19,20)14-5-4-8-21-14/h4-5,8H,6-7,9-10H2,1-3H3. The van der Waals surface area contributed by atoms with Crippen LogP contribution in [0.3, 0.4) is 0 Å². The number of hydrogen-bond acceptors (Lipinski definition) is 5. The Balaban J connectivity index is 1.90. The number of aromatic nitrogens is 2. The second kappa shape index (κ2) is 5.77. The minimum absolute atomic E-state index is 0.395. The van der Waals surface area contributed by atoms with Crippen molar-refractivity contribution in [1.82, 2.24) is 19.0 Å². The summed E-state index contributed by atoms with van der Waals surface area (Å²) in [5.74, 6) is 0. The number of rotatable bonds is 4. The Labute approximate surface area is 135 Å². The van der Waals surface area contributed by atoms with Gasteiger partial charge in [-0.05, 0) is 32.0 Å². The summed E-state index contributed by atoms with van der Waals surface area (Å²) in [6, 6.07) is 3.43. The number of nitrogens with zero attached hydrogens (tertiary/aromatic N) is 4. The third-order valence-electron chi connectivity index (χ3n) is 3.85. The van der Waals surface area contributed by atoms with E-state index in [1.54, 1.807) is 21.8 Å². The highest BCUT2D eigenvalue weighted by Gasteiger charge is 2.32. The molecule has 0 spiro atoms. The van der Waals surface area contributed by atoms with E-state index in [2.05, 4.69) is 10.00 Å². The summed E-state index contributed by atoms with van der Waals surface area (Å²) in [7, 11) is 2.52. The molecule has 0 bridgehead atoms. The van der Waals surface area contributed by atoms with Crippen LogP contribution in [0.5, 0.6) is 0 Å². The SMILES string of the molecule is CN(C)Cc1nn(C)c2c1CCN(S(=O)(=O)c1cccs1)C2. The van der Waals surface area contributed by atoms with Crippen LogP contribution in [-0.2, 0) is 36.6 Å². The van der Waals surface area contributed by atoms with Gasteiger partial charge in [-0.3, -0.25) is 4.68 Å². The van der Waals surface area contributed by atoms with Gasteiger partial charge in [-0.2, -0.15) is 9.40 Å². The van der Waals surface area contributed by atoms with E-state index in [0.29, 0.717) is 17.3 Å². The highest BCUT2D eigenvalue weighted by Crippen LogP contribution is 2.28. The number of aryl methyl sites for hydroxylation is 1. The van der Waals surface area contributed by atoms with Crippen LogP contribution in [-0.4, -0.2) is 48.0 Å². The molecule has 0 N–H and O–H groups in total. The third kappa shape index (κ3) is 2.71. The van der Waals surface area contributed by atoms with Crippen molar-refractivity contribution >= 4 is 21.4 Å². The molecule has 0 aliphatic carbocycles. The lowest BCUT2D eigenvalue weighted by molar-refractivity contribution is 0.377. The largest absolute Gasteiger partial charge is 0.303 e.